The number of aromatic nitrogens is 2. The Hall–Kier alpha value is -1.65. The Morgan fingerprint density at radius 3 is 2.81 bits per heavy atom. The first-order valence-electron chi connectivity index (χ1n) is 7.64. The molecule has 1 unspecified atom stereocenters. The highest BCUT2D eigenvalue weighted by atomic mass is 16.5. The van der Waals surface area contributed by atoms with Crippen molar-refractivity contribution in [3.63, 3.8) is 0 Å². The molecule has 4 heteroatoms. The van der Waals surface area contributed by atoms with Crippen LogP contribution in [0.15, 0.2) is 42.7 Å². The predicted octanol–water partition coefficient (Wildman–Crippen LogP) is 2.25. The Morgan fingerprint density at radius 1 is 1.29 bits per heavy atom. The molecule has 0 amide bonds. The minimum Gasteiger partial charge on any atom is -0.380 e. The van der Waals surface area contributed by atoms with E-state index in [1.165, 1.54) is 11.1 Å². The van der Waals surface area contributed by atoms with E-state index in [1.54, 1.807) is 0 Å². The fraction of sp³-hybridized carbons (Fsp3) is 0.471. The number of hydrogen-bond donors (Lipinski definition) is 0. The quantitative estimate of drug-likeness (QED) is 0.815. The highest BCUT2D eigenvalue weighted by molar-refractivity contribution is 5.15. The van der Waals surface area contributed by atoms with Crippen molar-refractivity contribution in [1.29, 1.82) is 0 Å². The van der Waals surface area contributed by atoms with Gasteiger partial charge in [0.25, 0.3) is 0 Å². The summed E-state index contributed by atoms with van der Waals surface area (Å²) in [7, 11) is 1.97. The Labute approximate surface area is 126 Å². The summed E-state index contributed by atoms with van der Waals surface area (Å²) in [5.74, 6) is 0. The molecule has 112 valence electrons. The lowest BCUT2D eigenvalue weighted by Crippen LogP contribution is -2.36. The number of nitrogens with zero attached hydrogens (tertiary/aromatic N) is 3. The average Bonchev–Trinajstić information content (AvgIpc) is 3.16. The molecule has 0 bridgehead atoms. The smallest absolute Gasteiger partial charge is 0.0622 e. The lowest BCUT2D eigenvalue weighted by Gasteiger charge is -2.27. The van der Waals surface area contributed by atoms with Crippen LogP contribution in [0.25, 0.3) is 0 Å². The first-order chi connectivity index (χ1) is 10.3. The van der Waals surface area contributed by atoms with Gasteiger partial charge in [0, 0.05) is 44.5 Å². The second-order valence-electron chi connectivity index (χ2n) is 5.75. The molecule has 0 saturated carbocycles. The van der Waals surface area contributed by atoms with Crippen molar-refractivity contribution in [3.8, 4) is 0 Å². The zero-order valence-electron chi connectivity index (χ0n) is 12.6. The van der Waals surface area contributed by atoms with Crippen LogP contribution in [0.2, 0.25) is 0 Å². The molecule has 0 N–H and O–H groups in total. The third kappa shape index (κ3) is 3.93. The van der Waals surface area contributed by atoms with Crippen molar-refractivity contribution in [2.75, 3.05) is 19.8 Å². The molecule has 4 nitrogen and oxygen atoms in total. The van der Waals surface area contributed by atoms with Gasteiger partial charge in [0.2, 0.25) is 0 Å². The Morgan fingerprint density at radius 2 is 2.14 bits per heavy atom. The van der Waals surface area contributed by atoms with Gasteiger partial charge in [-0.3, -0.25) is 9.58 Å². The summed E-state index contributed by atoms with van der Waals surface area (Å²) in [5, 5.41) is 4.27. The summed E-state index contributed by atoms with van der Waals surface area (Å²) in [5.41, 5.74) is 2.67. The van der Waals surface area contributed by atoms with Crippen LogP contribution in [0.1, 0.15) is 17.5 Å². The molecule has 1 aliphatic heterocycles. The van der Waals surface area contributed by atoms with E-state index in [2.05, 4.69) is 46.5 Å². The molecule has 0 radical (unpaired) electrons. The largest absolute Gasteiger partial charge is 0.380 e. The highest BCUT2D eigenvalue weighted by Crippen LogP contribution is 2.16. The maximum Gasteiger partial charge on any atom is 0.0622 e. The lowest BCUT2D eigenvalue weighted by atomic mass is 10.1. The van der Waals surface area contributed by atoms with Crippen molar-refractivity contribution in [3.05, 3.63) is 53.9 Å². The Bertz CT molecular complexity index is 546. The number of benzene rings is 1. The van der Waals surface area contributed by atoms with E-state index in [-0.39, 0.29) is 0 Å². The van der Waals surface area contributed by atoms with Crippen LogP contribution < -0.4 is 0 Å². The topological polar surface area (TPSA) is 30.3 Å². The maximum atomic E-state index is 5.57. The summed E-state index contributed by atoms with van der Waals surface area (Å²) >= 11 is 0. The molecular weight excluding hydrogens is 262 g/mol. The first kappa shape index (κ1) is 14.3. The maximum absolute atomic E-state index is 5.57. The molecule has 1 aromatic carbocycles. The molecule has 3 rings (SSSR count). The molecule has 0 aliphatic carbocycles. The molecule has 0 spiro atoms. The molecule has 1 fully saturated rings. The van der Waals surface area contributed by atoms with Crippen molar-refractivity contribution in [2.24, 2.45) is 7.05 Å². The third-order valence-corrected chi connectivity index (χ3v) is 4.10. The molecule has 1 atom stereocenters. The van der Waals surface area contributed by atoms with E-state index in [0.29, 0.717) is 6.04 Å². The summed E-state index contributed by atoms with van der Waals surface area (Å²) < 4.78 is 7.44. The van der Waals surface area contributed by atoms with Crippen LogP contribution in [0.4, 0.5) is 0 Å². The molecule has 21 heavy (non-hydrogen) atoms. The minimum atomic E-state index is 0.536. The molecule has 1 saturated heterocycles. The zero-order chi connectivity index (χ0) is 14.5. The minimum absolute atomic E-state index is 0.536. The Balaban J connectivity index is 1.64. The molecular formula is C17H23N3O. The highest BCUT2D eigenvalue weighted by Gasteiger charge is 2.23. The number of ether oxygens (including phenoxy) is 1. The number of rotatable bonds is 6. The van der Waals surface area contributed by atoms with Crippen molar-refractivity contribution in [2.45, 2.75) is 25.4 Å². The average molecular weight is 285 g/mol. The van der Waals surface area contributed by atoms with E-state index in [1.807, 2.05) is 17.9 Å². The van der Waals surface area contributed by atoms with Crippen LogP contribution in [0, 0.1) is 0 Å². The van der Waals surface area contributed by atoms with Gasteiger partial charge in [0.15, 0.2) is 0 Å². The van der Waals surface area contributed by atoms with Crippen molar-refractivity contribution < 1.29 is 4.74 Å². The number of aryl methyl sites for hydroxylation is 1. The third-order valence-electron chi connectivity index (χ3n) is 4.10. The van der Waals surface area contributed by atoms with Crippen LogP contribution in [0.3, 0.4) is 0 Å². The van der Waals surface area contributed by atoms with Gasteiger partial charge < -0.3 is 4.74 Å². The van der Waals surface area contributed by atoms with Crippen LogP contribution in [-0.2, 0) is 24.8 Å². The van der Waals surface area contributed by atoms with Crippen molar-refractivity contribution in [1.82, 2.24) is 14.7 Å². The second kappa shape index (κ2) is 6.87. The fourth-order valence-corrected chi connectivity index (χ4v) is 2.91. The van der Waals surface area contributed by atoms with Gasteiger partial charge in [0.1, 0.15) is 0 Å². The van der Waals surface area contributed by atoms with Gasteiger partial charge in [-0.1, -0.05) is 30.3 Å². The standard InChI is InChI=1S/C17H23N3O/c1-19-12-16(11-18-19)13-20(17-8-10-21-14-17)9-7-15-5-3-2-4-6-15/h2-6,11-12,17H,7-10,13-14H2,1H3. The van der Waals surface area contributed by atoms with E-state index in [9.17, 15) is 0 Å². The molecule has 2 heterocycles. The molecule has 2 aromatic rings. The van der Waals surface area contributed by atoms with Crippen LogP contribution in [-0.4, -0.2) is 40.5 Å². The van der Waals surface area contributed by atoms with Gasteiger partial charge in [-0.05, 0) is 18.4 Å². The van der Waals surface area contributed by atoms with Gasteiger partial charge in [0.05, 0.1) is 12.8 Å². The SMILES string of the molecule is Cn1cc(CN(CCc2ccccc2)C2CCOC2)cn1. The van der Waals surface area contributed by atoms with Gasteiger partial charge in [-0.25, -0.2) is 0 Å². The summed E-state index contributed by atoms with van der Waals surface area (Å²) in [6, 6.07) is 11.2. The molecule has 1 aliphatic rings. The second-order valence-corrected chi connectivity index (χ2v) is 5.75. The van der Waals surface area contributed by atoms with Crippen molar-refractivity contribution >= 4 is 0 Å². The lowest BCUT2D eigenvalue weighted by molar-refractivity contribution is 0.140. The molecule has 1 aromatic heterocycles. The van der Waals surface area contributed by atoms with Gasteiger partial charge in [-0.15, -0.1) is 0 Å². The predicted molar refractivity (Wildman–Crippen MR) is 83.0 cm³/mol. The zero-order valence-corrected chi connectivity index (χ0v) is 12.6. The van der Waals surface area contributed by atoms with Gasteiger partial charge >= 0.3 is 0 Å². The number of hydrogen-bond acceptors (Lipinski definition) is 3. The van der Waals surface area contributed by atoms with Gasteiger partial charge in [-0.2, -0.15) is 5.10 Å². The summed E-state index contributed by atoms with van der Waals surface area (Å²) in [6.45, 7) is 3.76. The summed E-state index contributed by atoms with van der Waals surface area (Å²) in [6.07, 6.45) is 6.28. The monoisotopic (exact) mass is 285 g/mol. The van der Waals surface area contributed by atoms with Crippen LogP contribution in [0.5, 0.6) is 0 Å². The van der Waals surface area contributed by atoms with E-state index < -0.39 is 0 Å². The van der Waals surface area contributed by atoms with E-state index in [4.69, 9.17) is 4.74 Å². The van der Waals surface area contributed by atoms with E-state index in [0.717, 1.165) is 39.1 Å². The van der Waals surface area contributed by atoms with Crippen LogP contribution >= 0.6 is 0 Å². The first-order valence-corrected chi connectivity index (χ1v) is 7.64. The Kier molecular flexibility index (Phi) is 4.68. The fourth-order valence-electron chi connectivity index (χ4n) is 2.91. The normalized spacial score (nSPS) is 18.5. The van der Waals surface area contributed by atoms with E-state index >= 15 is 0 Å². The summed E-state index contributed by atoms with van der Waals surface area (Å²) in [4.78, 5) is 2.54.